The number of nitrogens with zero attached hydrogens (tertiary/aromatic N) is 6. The molecular weight excluding hydrogens is 418 g/mol. The number of para-hydroxylation sites is 2. The molecule has 9 heteroatoms. The zero-order valence-electron chi connectivity index (χ0n) is 18.6. The van der Waals surface area contributed by atoms with E-state index < -0.39 is 0 Å². The summed E-state index contributed by atoms with van der Waals surface area (Å²) in [6.07, 6.45) is 5.31. The molecule has 6 rings (SSSR count). The monoisotopic (exact) mass is 445 g/mol. The van der Waals surface area contributed by atoms with Gasteiger partial charge in [0.1, 0.15) is 11.6 Å². The summed E-state index contributed by atoms with van der Waals surface area (Å²) in [7, 11) is 0. The highest BCUT2D eigenvalue weighted by atomic mass is 16.5. The van der Waals surface area contributed by atoms with Crippen LogP contribution in [0.5, 0.6) is 0 Å². The Labute approximate surface area is 190 Å². The molecular formula is C24H27N7O2. The van der Waals surface area contributed by atoms with E-state index in [4.69, 9.17) is 14.8 Å². The van der Waals surface area contributed by atoms with Gasteiger partial charge >= 0.3 is 0 Å². The van der Waals surface area contributed by atoms with Gasteiger partial charge in [-0.2, -0.15) is 5.10 Å². The summed E-state index contributed by atoms with van der Waals surface area (Å²) in [4.78, 5) is 32.1. The van der Waals surface area contributed by atoms with Gasteiger partial charge in [-0.1, -0.05) is 19.1 Å². The molecule has 3 aromatic heterocycles. The lowest BCUT2D eigenvalue weighted by molar-refractivity contribution is 0.0832. The highest BCUT2D eigenvalue weighted by Crippen LogP contribution is 2.31. The van der Waals surface area contributed by atoms with Crippen molar-refractivity contribution in [3.63, 3.8) is 0 Å². The normalized spacial score (nSPS) is 22.5. The number of ether oxygens (including phenoxy) is 1. The quantitative estimate of drug-likeness (QED) is 0.515. The van der Waals surface area contributed by atoms with Crippen molar-refractivity contribution in [1.82, 2.24) is 34.4 Å². The fourth-order valence-corrected chi connectivity index (χ4v) is 5.19. The number of rotatable bonds is 4. The average Bonchev–Trinajstić information content (AvgIpc) is 3.43. The predicted molar refractivity (Wildman–Crippen MR) is 123 cm³/mol. The largest absolute Gasteiger partial charge is 0.381 e. The van der Waals surface area contributed by atoms with Gasteiger partial charge in [-0.05, 0) is 30.9 Å². The molecule has 0 saturated carbocycles. The summed E-state index contributed by atoms with van der Waals surface area (Å²) in [5.41, 5.74) is 3.15. The summed E-state index contributed by atoms with van der Waals surface area (Å²) in [5, 5.41) is 4.89. The molecule has 0 aliphatic carbocycles. The minimum atomic E-state index is -0.128. The molecule has 33 heavy (non-hydrogen) atoms. The van der Waals surface area contributed by atoms with Crippen LogP contribution < -0.4 is 5.56 Å². The molecule has 2 unspecified atom stereocenters. The van der Waals surface area contributed by atoms with Crippen molar-refractivity contribution >= 4 is 16.6 Å². The van der Waals surface area contributed by atoms with Crippen LogP contribution in [0.3, 0.4) is 0 Å². The molecule has 2 fully saturated rings. The van der Waals surface area contributed by atoms with Crippen molar-refractivity contribution in [2.24, 2.45) is 5.92 Å². The third kappa shape index (κ3) is 3.81. The maximum absolute atomic E-state index is 12.8. The minimum absolute atomic E-state index is 0.128. The standard InChI is InChI=1S/C24H27N7O2/c1-15-12-30(13-17-10-25-19-4-2-3-5-20(19)27-17)14-18(15)22-28-24(32)21-11-26-23(31(21)29-22)16-6-8-33-9-7-16/h2-5,10-11,15-16,18H,6-9,12-14H2,1H3,(H,28,29,32). The SMILES string of the molecule is CC1CN(Cc2cnc3ccccc3n2)CC1c1nn2c(C3CCOCC3)ncc2c(=O)[nH]1. The number of imidazole rings is 1. The molecule has 1 aromatic carbocycles. The Kier molecular flexibility index (Phi) is 5.15. The average molecular weight is 446 g/mol. The van der Waals surface area contributed by atoms with E-state index in [9.17, 15) is 4.79 Å². The van der Waals surface area contributed by atoms with Crippen LogP contribution in [0.2, 0.25) is 0 Å². The van der Waals surface area contributed by atoms with Crippen LogP contribution in [0, 0.1) is 5.92 Å². The van der Waals surface area contributed by atoms with Gasteiger partial charge in [0.05, 0.1) is 29.1 Å². The van der Waals surface area contributed by atoms with E-state index in [0.717, 1.165) is 74.1 Å². The van der Waals surface area contributed by atoms with Crippen LogP contribution >= 0.6 is 0 Å². The smallest absolute Gasteiger partial charge is 0.276 e. The lowest BCUT2D eigenvalue weighted by atomic mass is 9.97. The molecule has 170 valence electrons. The van der Waals surface area contributed by atoms with Gasteiger partial charge < -0.3 is 9.72 Å². The van der Waals surface area contributed by atoms with Crippen molar-refractivity contribution in [3.05, 3.63) is 64.4 Å². The summed E-state index contributed by atoms with van der Waals surface area (Å²) >= 11 is 0. The summed E-state index contributed by atoms with van der Waals surface area (Å²) in [6.45, 7) is 6.12. The van der Waals surface area contributed by atoms with E-state index in [1.54, 1.807) is 10.7 Å². The van der Waals surface area contributed by atoms with Crippen molar-refractivity contribution in [3.8, 4) is 0 Å². The summed E-state index contributed by atoms with van der Waals surface area (Å²) < 4.78 is 7.27. The first-order valence-electron chi connectivity index (χ1n) is 11.6. The van der Waals surface area contributed by atoms with Gasteiger partial charge in [0, 0.05) is 44.7 Å². The second kappa shape index (κ2) is 8.31. The van der Waals surface area contributed by atoms with E-state index in [1.165, 1.54) is 0 Å². The van der Waals surface area contributed by atoms with Gasteiger partial charge in [-0.15, -0.1) is 0 Å². The first kappa shape index (κ1) is 20.4. The third-order valence-corrected chi connectivity index (χ3v) is 6.96. The van der Waals surface area contributed by atoms with E-state index >= 15 is 0 Å². The van der Waals surface area contributed by atoms with E-state index in [0.29, 0.717) is 11.4 Å². The first-order chi connectivity index (χ1) is 16.2. The Bertz CT molecular complexity index is 1360. The first-order valence-corrected chi connectivity index (χ1v) is 11.6. The minimum Gasteiger partial charge on any atom is -0.381 e. The van der Waals surface area contributed by atoms with Crippen molar-refractivity contribution in [1.29, 1.82) is 0 Å². The number of aromatic nitrogens is 6. The molecule has 2 saturated heterocycles. The van der Waals surface area contributed by atoms with Crippen molar-refractivity contribution in [2.45, 2.75) is 38.1 Å². The van der Waals surface area contributed by atoms with Crippen LogP contribution in [0.25, 0.3) is 16.6 Å². The zero-order valence-corrected chi connectivity index (χ0v) is 18.6. The molecule has 2 atom stereocenters. The molecule has 9 nitrogen and oxygen atoms in total. The molecule has 0 bridgehead atoms. The molecule has 4 aromatic rings. The third-order valence-electron chi connectivity index (χ3n) is 6.96. The molecule has 0 amide bonds. The fraction of sp³-hybridized carbons (Fsp3) is 0.458. The van der Waals surface area contributed by atoms with Gasteiger partial charge in [0.2, 0.25) is 0 Å². The van der Waals surface area contributed by atoms with Crippen LogP contribution in [0.15, 0.2) is 41.5 Å². The van der Waals surface area contributed by atoms with Crippen LogP contribution in [-0.2, 0) is 11.3 Å². The molecule has 1 N–H and O–H groups in total. The maximum Gasteiger partial charge on any atom is 0.276 e. The van der Waals surface area contributed by atoms with Crippen molar-refractivity contribution in [2.75, 3.05) is 26.3 Å². The Morgan fingerprint density at radius 1 is 1.09 bits per heavy atom. The van der Waals surface area contributed by atoms with Crippen molar-refractivity contribution < 1.29 is 4.74 Å². The van der Waals surface area contributed by atoms with Gasteiger partial charge in [-0.25, -0.2) is 14.5 Å². The molecule has 0 radical (unpaired) electrons. The molecule has 2 aliphatic heterocycles. The topological polar surface area (TPSA) is 101 Å². The Morgan fingerprint density at radius 3 is 2.76 bits per heavy atom. The maximum atomic E-state index is 12.8. The van der Waals surface area contributed by atoms with Gasteiger partial charge in [-0.3, -0.25) is 14.7 Å². The second-order valence-electron chi connectivity index (χ2n) is 9.27. The lowest BCUT2D eigenvalue weighted by Crippen LogP contribution is -2.24. The number of H-pyrrole nitrogens is 1. The molecule has 5 heterocycles. The number of benzene rings is 1. The second-order valence-corrected chi connectivity index (χ2v) is 9.27. The van der Waals surface area contributed by atoms with Crippen LogP contribution in [0.1, 0.15) is 48.9 Å². The Hall–Kier alpha value is -3.17. The number of nitrogens with one attached hydrogen (secondary N) is 1. The number of likely N-dealkylation sites (tertiary alicyclic amines) is 1. The highest BCUT2D eigenvalue weighted by molar-refractivity contribution is 5.73. The number of fused-ring (bicyclic) bond motifs is 2. The molecule has 0 spiro atoms. The van der Waals surface area contributed by atoms with E-state index in [-0.39, 0.29) is 17.4 Å². The van der Waals surface area contributed by atoms with Gasteiger partial charge in [0.25, 0.3) is 5.56 Å². The zero-order chi connectivity index (χ0) is 22.4. The Balaban J connectivity index is 1.26. The number of hydrogen-bond donors (Lipinski definition) is 1. The predicted octanol–water partition coefficient (Wildman–Crippen LogP) is 2.49. The van der Waals surface area contributed by atoms with Crippen LogP contribution in [-0.4, -0.2) is 60.8 Å². The summed E-state index contributed by atoms with van der Waals surface area (Å²) in [6, 6.07) is 7.93. The van der Waals surface area contributed by atoms with Crippen LogP contribution in [0.4, 0.5) is 0 Å². The lowest BCUT2D eigenvalue weighted by Gasteiger charge is -2.21. The van der Waals surface area contributed by atoms with E-state index in [2.05, 4.69) is 26.8 Å². The van der Waals surface area contributed by atoms with Gasteiger partial charge in [0.15, 0.2) is 5.52 Å². The number of aromatic amines is 1. The Morgan fingerprint density at radius 2 is 1.91 bits per heavy atom. The fourth-order valence-electron chi connectivity index (χ4n) is 5.19. The van der Waals surface area contributed by atoms with E-state index in [1.807, 2.05) is 30.5 Å². The number of hydrogen-bond acceptors (Lipinski definition) is 7. The summed E-state index contributed by atoms with van der Waals surface area (Å²) in [5.74, 6) is 2.37. The molecule has 2 aliphatic rings. The highest BCUT2D eigenvalue weighted by Gasteiger charge is 2.33.